The Morgan fingerprint density at radius 1 is 1.22 bits per heavy atom. The molecule has 1 aromatic rings. The van der Waals surface area contributed by atoms with E-state index in [1.807, 2.05) is 30.0 Å². The van der Waals surface area contributed by atoms with E-state index >= 15 is 0 Å². The van der Waals surface area contributed by atoms with Crippen LogP contribution < -0.4 is 16.4 Å². The summed E-state index contributed by atoms with van der Waals surface area (Å²) in [4.78, 5) is 22.8. The smallest absolute Gasteiger partial charge is 0.243 e. The van der Waals surface area contributed by atoms with E-state index in [1.54, 1.807) is 0 Å². The van der Waals surface area contributed by atoms with Gasteiger partial charge in [0.2, 0.25) is 11.8 Å². The van der Waals surface area contributed by atoms with Crippen LogP contribution in [0.15, 0.2) is 24.3 Å². The zero-order valence-electron chi connectivity index (χ0n) is 13.0. The summed E-state index contributed by atoms with van der Waals surface area (Å²) in [6.45, 7) is -0.168. The number of nitrogens with one attached hydrogen (secondary N) is 2. The largest absolute Gasteiger partial charge is 0.346 e. The first kappa shape index (κ1) is 19.8. The monoisotopic (exact) mass is 357 g/mol. The number of thioether (sulfide) groups is 1. The lowest BCUT2D eigenvalue weighted by atomic mass is 10.2. The molecule has 1 aliphatic carbocycles. The summed E-state index contributed by atoms with van der Waals surface area (Å²) in [7, 11) is 0. The number of carbonyl (C=O) groups is 2. The van der Waals surface area contributed by atoms with Crippen molar-refractivity contribution in [2.24, 2.45) is 5.73 Å². The predicted octanol–water partition coefficient (Wildman–Crippen LogP) is 2.30. The van der Waals surface area contributed by atoms with Crippen LogP contribution in [0.25, 0.3) is 0 Å². The Labute approximate surface area is 147 Å². The maximum absolute atomic E-state index is 11.7. The van der Waals surface area contributed by atoms with E-state index in [-0.39, 0.29) is 37.3 Å². The molecule has 1 aromatic carbocycles. The lowest BCUT2D eigenvalue weighted by Gasteiger charge is -2.10. The van der Waals surface area contributed by atoms with Crippen LogP contribution >= 0.6 is 24.2 Å². The van der Waals surface area contributed by atoms with E-state index in [0.717, 1.165) is 16.7 Å². The average molecular weight is 358 g/mol. The Kier molecular flexibility index (Phi) is 9.06. The Balaban J connectivity index is 0.00000264. The topological polar surface area (TPSA) is 84.2 Å². The molecule has 4 N–H and O–H groups in total. The van der Waals surface area contributed by atoms with Gasteiger partial charge in [0.15, 0.2) is 0 Å². The minimum absolute atomic E-state index is 0. The summed E-state index contributed by atoms with van der Waals surface area (Å²) in [5.74, 6) is 0.387. The fourth-order valence-electron chi connectivity index (χ4n) is 2.46. The molecule has 2 amide bonds. The van der Waals surface area contributed by atoms with Gasteiger partial charge in [0, 0.05) is 16.7 Å². The van der Waals surface area contributed by atoms with Gasteiger partial charge in [-0.1, -0.05) is 25.0 Å². The van der Waals surface area contributed by atoms with Gasteiger partial charge in [0.1, 0.15) is 0 Å². The summed E-state index contributed by atoms with van der Waals surface area (Å²) < 4.78 is 0. The second-order valence-electron chi connectivity index (χ2n) is 5.45. The molecule has 128 valence electrons. The molecule has 1 aliphatic rings. The molecule has 1 saturated carbocycles. The highest BCUT2D eigenvalue weighted by Crippen LogP contribution is 2.31. The fraction of sp³-hybridized carbons (Fsp3) is 0.500. The van der Waals surface area contributed by atoms with Crippen LogP contribution in [0.1, 0.15) is 31.2 Å². The number of hydrogen-bond acceptors (Lipinski definition) is 4. The van der Waals surface area contributed by atoms with Gasteiger partial charge in [0.05, 0.1) is 13.1 Å². The zero-order valence-corrected chi connectivity index (χ0v) is 14.7. The molecule has 0 spiro atoms. The minimum Gasteiger partial charge on any atom is -0.346 e. The van der Waals surface area contributed by atoms with Crippen molar-refractivity contribution in [3.05, 3.63) is 29.8 Å². The van der Waals surface area contributed by atoms with Crippen molar-refractivity contribution in [1.29, 1.82) is 0 Å². The SMILES string of the molecule is Cl.NCC(=O)NCC(=O)Nc1cccc(CSC2CCCC2)c1. The average Bonchev–Trinajstić information content (AvgIpc) is 3.04. The van der Waals surface area contributed by atoms with Crippen molar-refractivity contribution in [2.75, 3.05) is 18.4 Å². The first-order chi connectivity index (χ1) is 10.7. The van der Waals surface area contributed by atoms with E-state index in [1.165, 1.54) is 31.2 Å². The quantitative estimate of drug-likeness (QED) is 0.699. The number of nitrogens with two attached hydrogens (primary N) is 1. The minimum atomic E-state index is -0.336. The van der Waals surface area contributed by atoms with E-state index in [9.17, 15) is 9.59 Å². The molecule has 0 bridgehead atoms. The van der Waals surface area contributed by atoms with Gasteiger partial charge in [-0.25, -0.2) is 0 Å². The molecular weight excluding hydrogens is 334 g/mol. The summed E-state index contributed by atoms with van der Waals surface area (Å²) in [6.07, 6.45) is 5.34. The second-order valence-corrected chi connectivity index (χ2v) is 6.74. The molecule has 23 heavy (non-hydrogen) atoms. The van der Waals surface area contributed by atoms with Crippen molar-refractivity contribution in [1.82, 2.24) is 5.32 Å². The highest BCUT2D eigenvalue weighted by atomic mass is 35.5. The predicted molar refractivity (Wildman–Crippen MR) is 97.9 cm³/mol. The van der Waals surface area contributed by atoms with Gasteiger partial charge in [-0.05, 0) is 30.5 Å². The summed E-state index contributed by atoms with van der Waals surface area (Å²) in [5, 5.41) is 6.02. The summed E-state index contributed by atoms with van der Waals surface area (Å²) in [5.41, 5.74) is 7.14. The molecule has 0 aromatic heterocycles. The maximum atomic E-state index is 11.7. The molecule has 0 unspecified atom stereocenters. The van der Waals surface area contributed by atoms with Crippen LogP contribution in [0, 0.1) is 0 Å². The van der Waals surface area contributed by atoms with Gasteiger partial charge in [-0.15, -0.1) is 12.4 Å². The zero-order chi connectivity index (χ0) is 15.8. The molecule has 1 fully saturated rings. The Bertz CT molecular complexity index is 522. The highest BCUT2D eigenvalue weighted by Gasteiger charge is 2.15. The number of carbonyl (C=O) groups excluding carboxylic acids is 2. The van der Waals surface area contributed by atoms with Crippen molar-refractivity contribution in [3.8, 4) is 0 Å². The molecule has 0 heterocycles. The number of benzene rings is 1. The van der Waals surface area contributed by atoms with E-state index in [2.05, 4.69) is 16.7 Å². The summed E-state index contributed by atoms with van der Waals surface area (Å²) in [6, 6.07) is 7.86. The third-order valence-corrected chi connectivity index (χ3v) is 5.07. The van der Waals surface area contributed by atoms with Crippen LogP contribution in [0.3, 0.4) is 0 Å². The third-order valence-electron chi connectivity index (χ3n) is 3.63. The van der Waals surface area contributed by atoms with E-state index < -0.39 is 0 Å². The molecule has 0 atom stereocenters. The molecule has 0 aliphatic heterocycles. The first-order valence-electron chi connectivity index (χ1n) is 7.64. The molecular formula is C16H24ClN3O2S. The van der Waals surface area contributed by atoms with Crippen LogP contribution in [-0.2, 0) is 15.3 Å². The number of rotatable bonds is 7. The number of halogens is 1. The Morgan fingerprint density at radius 2 is 1.96 bits per heavy atom. The molecule has 7 heteroatoms. The molecule has 0 radical (unpaired) electrons. The van der Waals surface area contributed by atoms with E-state index in [4.69, 9.17) is 5.73 Å². The number of hydrogen-bond donors (Lipinski definition) is 3. The molecule has 5 nitrogen and oxygen atoms in total. The fourth-order valence-corrected chi connectivity index (χ4v) is 3.74. The maximum Gasteiger partial charge on any atom is 0.243 e. The normalized spacial score (nSPS) is 14.1. The lowest BCUT2D eigenvalue weighted by molar-refractivity contribution is -0.123. The van der Waals surface area contributed by atoms with Gasteiger partial charge < -0.3 is 16.4 Å². The van der Waals surface area contributed by atoms with Gasteiger partial charge in [0.25, 0.3) is 0 Å². The van der Waals surface area contributed by atoms with Crippen molar-refractivity contribution in [3.63, 3.8) is 0 Å². The first-order valence-corrected chi connectivity index (χ1v) is 8.69. The Morgan fingerprint density at radius 3 is 2.65 bits per heavy atom. The summed E-state index contributed by atoms with van der Waals surface area (Å²) >= 11 is 2.00. The molecule has 2 rings (SSSR count). The van der Waals surface area contributed by atoms with Crippen molar-refractivity contribution < 1.29 is 9.59 Å². The molecule has 0 saturated heterocycles. The van der Waals surface area contributed by atoms with E-state index in [0.29, 0.717) is 0 Å². The van der Waals surface area contributed by atoms with Crippen LogP contribution in [0.4, 0.5) is 5.69 Å². The van der Waals surface area contributed by atoms with Crippen molar-refractivity contribution >= 4 is 41.7 Å². The van der Waals surface area contributed by atoms with Crippen LogP contribution in [0.5, 0.6) is 0 Å². The van der Waals surface area contributed by atoms with Crippen molar-refractivity contribution in [2.45, 2.75) is 36.7 Å². The number of anilines is 1. The standard InChI is InChI=1S/C16H23N3O2S.ClH/c17-9-15(20)18-10-16(21)19-13-5-3-4-12(8-13)11-22-14-6-1-2-7-14;/h3-5,8,14H,1-2,6-7,9-11,17H2,(H,18,20)(H,19,21);1H. The Hall–Kier alpha value is -1.24. The van der Waals surface area contributed by atoms with Gasteiger partial charge in [-0.3, -0.25) is 9.59 Å². The van der Waals surface area contributed by atoms with Gasteiger partial charge in [-0.2, -0.15) is 11.8 Å². The third kappa shape index (κ3) is 7.24. The second kappa shape index (κ2) is 10.5. The van der Waals surface area contributed by atoms with Crippen LogP contribution in [0.2, 0.25) is 0 Å². The lowest BCUT2D eigenvalue weighted by Crippen LogP contribution is -2.36. The van der Waals surface area contributed by atoms with Gasteiger partial charge >= 0.3 is 0 Å². The van der Waals surface area contributed by atoms with Crippen LogP contribution in [-0.4, -0.2) is 30.2 Å². The highest BCUT2D eigenvalue weighted by molar-refractivity contribution is 7.99. The number of amides is 2.